The van der Waals surface area contributed by atoms with Gasteiger partial charge in [-0.2, -0.15) is 5.10 Å². The van der Waals surface area contributed by atoms with Crippen LogP contribution in [0.1, 0.15) is 25.2 Å². The van der Waals surface area contributed by atoms with Crippen LogP contribution in [-0.2, 0) is 12.8 Å². The minimum Gasteiger partial charge on any atom is -0.382 e. The molecule has 2 heterocycles. The van der Waals surface area contributed by atoms with Gasteiger partial charge < -0.3 is 5.73 Å². The van der Waals surface area contributed by atoms with E-state index in [0.29, 0.717) is 24.2 Å². The molecule has 2 rings (SSSR count). The van der Waals surface area contributed by atoms with Gasteiger partial charge in [-0.15, -0.1) is 0 Å². The number of nitrogens with zero attached hydrogens (tertiary/aromatic N) is 5. The van der Waals surface area contributed by atoms with Crippen LogP contribution in [0, 0.1) is 10.1 Å². The second kappa shape index (κ2) is 5.41. The van der Waals surface area contributed by atoms with Gasteiger partial charge in [0.15, 0.2) is 5.82 Å². The summed E-state index contributed by atoms with van der Waals surface area (Å²) in [6.45, 7) is 3.60. The molecule has 9 heteroatoms. The smallest absolute Gasteiger partial charge is 0.313 e. The topological polar surface area (TPSA) is 113 Å². The zero-order valence-corrected chi connectivity index (χ0v) is 11.8. The van der Waals surface area contributed by atoms with Gasteiger partial charge in [-0.25, -0.2) is 14.6 Å². The summed E-state index contributed by atoms with van der Waals surface area (Å²) in [5.41, 5.74) is 6.46. The first-order valence-electron chi connectivity index (χ1n) is 6.02. The van der Waals surface area contributed by atoms with Gasteiger partial charge in [-0.3, -0.25) is 10.1 Å². The SMILES string of the molecule is CCc1nn(-c2ncnc(N)c2Cl)c(CC)c1[N+](=O)[O-]. The van der Waals surface area contributed by atoms with E-state index in [1.807, 2.05) is 0 Å². The molecule has 0 aliphatic heterocycles. The molecule has 0 unspecified atom stereocenters. The van der Waals surface area contributed by atoms with Crippen molar-refractivity contribution in [1.29, 1.82) is 0 Å². The Labute approximate surface area is 119 Å². The third-order valence-electron chi connectivity index (χ3n) is 2.87. The van der Waals surface area contributed by atoms with Crippen molar-refractivity contribution < 1.29 is 4.92 Å². The molecule has 2 aromatic rings. The van der Waals surface area contributed by atoms with Crippen LogP contribution in [-0.4, -0.2) is 24.7 Å². The predicted molar refractivity (Wildman–Crippen MR) is 74.0 cm³/mol. The van der Waals surface area contributed by atoms with Crippen molar-refractivity contribution in [3.63, 3.8) is 0 Å². The highest BCUT2D eigenvalue weighted by Gasteiger charge is 2.27. The maximum Gasteiger partial charge on any atom is 0.313 e. The average Bonchev–Trinajstić information content (AvgIpc) is 2.80. The third kappa shape index (κ3) is 2.18. The fraction of sp³-hybridized carbons (Fsp3) is 0.364. The largest absolute Gasteiger partial charge is 0.382 e. The number of aromatic nitrogens is 4. The summed E-state index contributed by atoms with van der Waals surface area (Å²) in [4.78, 5) is 18.6. The Bertz CT molecular complexity index is 669. The van der Waals surface area contributed by atoms with E-state index in [1.54, 1.807) is 13.8 Å². The first-order chi connectivity index (χ1) is 9.51. The lowest BCUT2D eigenvalue weighted by Crippen LogP contribution is -2.07. The molecule has 0 saturated carbocycles. The second-order valence-electron chi connectivity index (χ2n) is 4.01. The summed E-state index contributed by atoms with van der Waals surface area (Å²) in [7, 11) is 0. The van der Waals surface area contributed by atoms with E-state index in [9.17, 15) is 10.1 Å². The maximum absolute atomic E-state index is 11.2. The van der Waals surface area contributed by atoms with Gasteiger partial charge in [0.2, 0.25) is 0 Å². The molecule has 0 spiro atoms. The summed E-state index contributed by atoms with van der Waals surface area (Å²) < 4.78 is 1.37. The molecule has 0 atom stereocenters. The van der Waals surface area contributed by atoms with Gasteiger partial charge >= 0.3 is 5.69 Å². The van der Waals surface area contributed by atoms with Crippen LogP contribution in [0.4, 0.5) is 11.5 Å². The molecule has 0 bridgehead atoms. The maximum atomic E-state index is 11.2. The van der Waals surface area contributed by atoms with Crippen LogP contribution in [0.3, 0.4) is 0 Å². The normalized spacial score (nSPS) is 10.8. The zero-order chi connectivity index (χ0) is 14.9. The van der Waals surface area contributed by atoms with Crippen LogP contribution in [0.15, 0.2) is 6.33 Å². The second-order valence-corrected chi connectivity index (χ2v) is 4.39. The van der Waals surface area contributed by atoms with Crippen molar-refractivity contribution in [1.82, 2.24) is 19.7 Å². The lowest BCUT2D eigenvalue weighted by atomic mass is 10.2. The molecule has 2 N–H and O–H groups in total. The first kappa shape index (κ1) is 14.2. The lowest BCUT2D eigenvalue weighted by molar-refractivity contribution is -0.386. The van der Waals surface area contributed by atoms with Crippen molar-refractivity contribution in [3.8, 4) is 5.82 Å². The number of rotatable bonds is 4. The molecule has 0 fully saturated rings. The van der Waals surface area contributed by atoms with Crippen molar-refractivity contribution in [2.75, 3.05) is 5.73 Å². The highest BCUT2D eigenvalue weighted by molar-refractivity contribution is 6.34. The van der Waals surface area contributed by atoms with E-state index in [2.05, 4.69) is 15.1 Å². The molecule has 0 aliphatic rings. The van der Waals surface area contributed by atoms with Crippen molar-refractivity contribution >= 4 is 23.1 Å². The molecular weight excluding hydrogens is 284 g/mol. The Balaban J connectivity index is 2.74. The molecule has 2 aromatic heterocycles. The van der Waals surface area contributed by atoms with Gasteiger partial charge in [-0.1, -0.05) is 25.4 Å². The monoisotopic (exact) mass is 296 g/mol. The van der Waals surface area contributed by atoms with Gasteiger partial charge in [0.1, 0.15) is 28.6 Å². The molecule has 8 nitrogen and oxygen atoms in total. The van der Waals surface area contributed by atoms with Crippen LogP contribution >= 0.6 is 11.6 Å². The fourth-order valence-corrected chi connectivity index (χ4v) is 2.14. The Hall–Kier alpha value is -2.22. The summed E-state index contributed by atoms with van der Waals surface area (Å²) >= 11 is 6.06. The van der Waals surface area contributed by atoms with E-state index in [1.165, 1.54) is 11.0 Å². The molecule has 0 amide bonds. The number of anilines is 1. The van der Waals surface area contributed by atoms with Crippen LogP contribution in [0.5, 0.6) is 0 Å². The number of nitrogens with two attached hydrogens (primary N) is 1. The van der Waals surface area contributed by atoms with E-state index in [4.69, 9.17) is 17.3 Å². The van der Waals surface area contributed by atoms with Crippen molar-refractivity contribution in [3.05, 3.63) is 32.9 Å². The van der Waals surface area contributed by atoms with Crippen molar-refractivity contribution in [2.24, 2.45) is 0 Å². The van der Waals surface area contributed by atoms with Gasteiger partial charge in [0.25, 0.3) is 0 Å². The fourth-order valence-electron chi connectivity index (χ4n) is 1.96. The Morgan fingerprint density at radius 1 is 1.40 bits per heavy atom. The zero-order valence-electron chi connectivity index (χ0n) is 11.0. The quantitative estimate of drug-likeness (QED) is 0.681. The summed E-state index contributed by atoms with van der Waals surface area (Å²) in [5.74, 6) is 0.355. The Morgan fingerprint density at radius 2 is 2.10 bits per heavy atom. The summed E-state index contributed by atoms with van der Waals surface area (Å²) in [5, 5.41) is 15.6. The van der Waals surface area contributed by atoms with Crippen LogP contribution < -0.4 is 5.73 Å². The van der Waals surface area contributed by atoms with Gasteiger partial charge in [0, 0.05) is 0 Å². The minimum absolute atomic E-state index is 0.00301. The molecule has 0 aromatic carbocycles. The Morgan fingerprint density at radius 3 is 2.65 bits per heavy atom. The number of hydrogen-bond acceptors (Lipinski definition) is 6. The van der Waals surface area contributed by atoms with E-state index in [0.717, 1.165) is 0 Å². The molecule has 0 radical (unpaired) electrons. The highest BCUT2D eigenvalue weighted by atomic mass is 35.5. The minimum atomic E-state index is -0.431. The summed E-state index contributed by atoms with van der Waals surface area (Å²) in [6.07, 6.45) is 2.10. The molecule has 106 valence electrons. The molecule has 0 saturated heterocycles. The van der Waals surface area contributed by atoms with E-state index < -0.39 is 4.92 Å². The van der Waals surface area contributed by atoms with Crippen LogP contribution in [0.2, 0.25) is 5.02 Å². The number of nitrogen functional groups attached to an aromatic ring is 1. The summed E-state index contributed by atoms with van der Waals surface area (Å²) in [6, 6.07) is 0. The van der Waals surface area contributed by atoms with Crippen LogP contribution in [0.25, 0.3) is 5.82 Å². The highest BCUT2D eigenvalue weighted by Crippen LogP contribution is 2.30. The molecular formula is C11H13ClN6O2. The van der Waals surface area contributed by atoms with Crippen molar-refractivity contribution in [2.45, 2.75) is 26.7 Å². The first-order valence-corrected chi connectivity index (χ1v) is 6.40. The average molecular weight is 297 g/mol. The molecule has 20 heavy (non-hydrogen) atoms. The number of hydrogen-bond donors (Lipinski definition) is 1. The Kier molecular flexibility index (Phi) is 3.84. The predicted octanol–water partition coefficient (Wildman–Crippen LogP) is 1.93. The van der Waals surface area contributed by atoms with Gasteiger partial charge in [0.05, 0.1) is 4.92 Å². The lowest BCUT2D eigenvalue weighted by Gasteiger charge is -2.06. The van der Waals surface area contributed by atoms with Gasteiger partial charge in [-0.05, 0) is 12.8 Å². The van der Waals surface area contributed by atoms with E-state index in [-0.39, 0.29) is 22.3 Å². The number of nitro groups is 1. The number of aryl methyl sites for hydroxylation is 1. The molecule has 0 aliphatic carbocycles. The third-order valence-corrected chi connectivity index (χ3v) is 3.24. The standard InChI is InChI=1S/C11H13ClN6O2/c1-3-6-9(18(19)20)7(4-2)17(16-6)11-8(12)10(13)14-5-15-11/h5H,3-4H2,1-2H3,(H2,13,14,15). The van der Waals surface area contributed by atoms with E-state index >= 15 is 0 Å². The number of halogens is 1.